The number of hydrogen-bond donors (Lipinski definition) is 5. The molecule has 0 bridgehead atoms. The molecule has 0 radical (unpaired) electrons. The molecule has 38 heavy (non-hydrogen) atoms. The van der Waals surface area contributed by atoms with Crippen LogP contribution in [-0.2, 0) is 16.6 Å². The van der Waals surface area contributed by atoms with Crippen molar-refractivity contribution in [2.75, 3.05) is 11.3 Å². The van der Waals surface area contributed by atoms with E-state index in [4.69, 9.17) is 0 Å². The number of nitrogens with one attached hydrogen (secondary N) is 2. The Bertz CT molecular complexity index is 1550. The topological polar surface area (TPSA) is 154 Å². The molecule has 10 nitrogen and oxygen atoms in total. The zero-order valence-electron chi connectivity index (χ0n) is 21.0. The summed E-state index contributed by atoms with van der Waals surface area (Å²) in [5.41, 5.74) is 1.19. The fraction of sp³-hybridized carbons (Fsp3) is 0.259. The van der Waals surface area contributed by atoms with E-state index in [2.05, 4.69) is 15.0 Å². The Morgan fingerprint density at radius 2 is 1.76 bits per heavy atom. The van der Waals surface area contributed by atoms with Gasteiger partial charge in [-0.2, -0.15) is 0 Å². The van der Waals surface area contributed by atoms with Gasteiger partial charge < -0.3 is 25.2 Å². The molecule has 0 fully saturated rings. The zero-order chi connectivity index (χ0) is 27.5. The normalized spacial score (nSPS) is 12.9. The molecule has 1 aromatic heterocycles. The van der Waals surface area contributed by atoms with E-state index < -0.39 is 27.6 Å². The molecule has 1 heterocycles. The average Bonchev–Trinajstić information content (AvgIpc) is 3.28. The fourth-order valence-electron chi connectivity index (χ4n) is 4.10. The first-order valence-electron chi connectivity index (χ1n) is 12.0. The number of aryl methyl sites for hydroxylation is 1. The van der Waals surface area contributed by atoms with E-state index in [-0.39, 0.29) is 22.8 Å². The quantitative estimate of drug-likeness (QED) is 0.194. The number of aromatic hydroxyl groups is 1. The van der Waals surface area contributed by atoms with Gasteiger partial charge in [0, 0.05) is 30.3 Å². The number of carbonyl (C=O) groups is 1. The minimum Gasteiger partial charge on any atom is -0.507 e. The molecule has 0 saturated carbocycles. The van der Waals surface area contributed by atoms with Crippen LogP contribution in [0, 0.1) is 0 Å². The van der Waals surface area contributed by atoms with Crippen molar-refractivity contribution >= 4 is 32.7 Å². The predicted molar refractivity (Wildman–Crippen MR) is 144 cm³/mol. The molecule has 200 valence electrons. The molecule has 0 spiro atoms. The number of para-hydroxylation sites is 1. The summed E-state index contributed by atoms with van der Waals surface area (Å²) in [5, 5.41) is 33.5. The number of β-amino-alcohol motifs (C(OH)–C–C–N with tert-alkyl or cyclic N) is 1. The monoisotopic (exact) mass is 538 g/mol. The van der Waals surface area contributed by atoms with Crippen molar-refractivity contribution in [3.8, 4) is 5.75 Å². The summed E-state index contributed by atoms with van der Waals surface area (Å²) >= 11 is 0. The summed E-state index contributed by atoms with van der Waals surface area (Å²) in [7, 11) is -3.82. The van der Waals surface area contributed by atoms with Crippen molar-refractivity contribution < 1.29 is 28.5 Å². The van der Waals surface area contributed by atoms with Crippen LogP contribution >= 0.6 is 0 Å². The number of sulfonamides is 1. The Hall–Kier alpha value is -3.93. The number of fused-ring (bicyclic) bond motifs is 1. The smallest absolute Gasteiger partial charge is 0.339 e. The number of phenols is 1. The molecule has 4 aromatic rings. The van der Waals surface area contributed by atoms with Crippen LogP contribution in [0.2, 0.25) is 0 Å². The Labute approximate surface area is 220 Å². The highest BCUT2D eigenvalue weighted by atomic mass is 32.2. The molecule has 4 rings (SSSR count). The van der Waals surface area contributed by atoms with Crippen molar-refractivity contribution in [1.82, 2.24) is 14.9 Å². The summed E-state index contributed by atoms with van der Waals surface area (Å²) in [6, 6.07) is 17.5. The van der Waals surface area contributed by atoms with E-state index in [0.29, 0.717) is 35.2 Å². The molecule has 1 unspecified atom stereocenters. The van der Waals surface area contributed by atoms with E-state index in [0.717, 1.165) is 0 Å². The summed E-state index contributed by atoms with van der Waals surface area (Å²) in [6.45, 7) is 4.64. The van der Waals surface area contributed by atoms with Crippen molar-refractivity contribution in [2.24, 2.45) is 0 Å². The Balaban J connectivity index is 1.41. The van der Waals surface area contributed by atoms with Gasteiger partial charge in [0.15, 0.2) is 0 Å². The Morgan fingerprint density at radius 3 is 2.47 bits per heavy atom. The number of carboxylic acid groups (broad SMARTS) is 1. The van der Waals surface area contributed by atoms with E-state index in [1.165, 1.54) is 24.3 Å². The van der Waals surface area contributed by atoms with Gasteiger partial charge in [-0.05, 0) is 44.5 Å². The van der Waals surface area contributed by atoms with Crippen molar-refractivity contribution in [1.29, 1.82) is 0 Å². The number of nitrogens with zero attached hydrogens (tertiary/aromatic N) is 2. The molecule has 0 amide bonds. The predicted octanol–water partition coefficient (Wildman–Crippen LogP) is 3.73. The standard InChI is InChI=1S/C27H30N4O6S/c1-27(2,12-13-31-17-28-22-14-20(26(34)35)24(32)15-23(22)31)29-16-25(33)19-10-6-7-11-21(19)30-38(36,37)18-8-4-3-5-9-18/h3-11,14-15,17,25,29-30,32-33H,12-13,16H2,1-2H3,(H,34,35). The van der Waals surface area contributed by atoms with Gasteiger partial charge in [-0.1, -0.05) is 36.4 Å². The van der Waals surface area contributed by atoms with Gasteiger partial charge in [-0.25, -0.2) is 18.2 Å². The number of anilines is 1. The second-order valence-electron chi connectivity index (χ2n) is 9.64. The molecule has 0 aliphatic rings. The first-order chi connectivity index (χ1) is 18.0. The van der Waals surface area contributed by atoms with Crippen LogP contribution in [0.25, 0.3) is 11.0 Å². The van der Waals surface area contributed by atoms with Crippen LogP contribution in [0.4, 0.5) is 5.69 Å². The minimum atomic E-state index is -3.82. The maximum atomic E-state index is 12.8. The molecule has 11 heteroatoms. The maximum Gasteiger partial charge on any atom is 0.339 e. The number of aliphatic hydroxyl groups is 1. The first-order valence-corrected chi connectivity index (χ1v) is 13.5. The number of aliphatic hydroxyl groups excluding tert-OH is 1. The van der Waals surface area contributed by atoms with E-state index in [1.807, 2.05) is 18.4 Å². The third-order valence-electron chi connectivity index (χ3n) is 6.34. The molecule has 3 aromatic carbocycles. The lowest BCUT2D eigenvalue weighted by molar-refractivity contribution is 0.0694. The van der Waals surface area contributed by atoms with Crippen LogP contribution in [0.1, 0.15) is 42.3 Å². The Morgan fingerprint density at radius 1 is 1.08 bits per heavy atom. The van der Waals surface area contributed by atoms with Crippen LogP contribution in [0.3, 0.4) is 0 Å². The average molecular weight is 539 g/mol. The van der Waals surface area contributed by atoms with E-state index in [9.17, 15) is 28.5 Å². The van der Waals surface area contributed by atoms with Gasteiger partial charge in [0.25, 0.3) is 10.0 Å². The van der Waals surface area contributed by atoms with Crippen molar-refractivity contribution in [2.45, 2.75) is 43.4 Å². The van der Waals surface area contributed by atoms with E-state index >= 15 is 0 Å². The number of imidazole rings is 1. The first kappa shape index (κ1) is 27.1. The molecular weight excluding hydrogens is 508 g/mol. The molecule has 0 aliphatic heterocycles. The third-order valence-corrected chi connectivity index (χ3v) is 7.72. The molecule has 5 N–H and O–H groups in total. The van der Waals surface area contributed by atoms with Gasteiger partial charge in [0.1, 0.15) is 11.3 Å². The summed E-state index contributed by atoms with van der Waals surface area (Å²) < 4.78 is 30.0. The zero-order valence-corrected chi connectivity index (χ0v) is 21.8. The second kappa shape index (κ2) is 10.8. The van der Waals surface area contributed by atoms with Gasteiger partial charge in [-0.3, -0.25) is 4.72 Å². The van der Waals surface area contributed by atoms with Gasteiger partial charge in [0.2, 0.25) is 0 Å². The SMILES string of the molecule is CC(C)(CCn1cnc2cc(C(=O)O)c(O)cc21)NCC(O)c1ccccc1NS(=O)(=O)c1ccccc1. The number of hydrogen-bond acceptors (Lipinski definition) is 7. The summed E-state index contributed by atoms with van der Waals surface area (Å²) in [5.74, 6) is -1.55. The third kappa shape index (κ3) is 6.13. The molecular formula is C27H30N4O6S. The number of benzene rings is 3. The maximum absolute atomic E-state index is 12.8. The molecule has 0 saturated heterocycles. The van der Waals surface area contributed by atoms with Crippen LogP contribution < -0.4 is 10.0 Å². The van der Waals surface area contributed by atoms with Crippen LogP contribution in [0.15, 0.2) is 78.0 Å². The van der Waals surface area contributed by atoms with E-state index in [1.54, 1.807) is 48.8 Å². The molecule has 0 aliphatic carbocycles. The highest BCUT2D eigenvalue weighted by Gasteiger charge is 2.23. The largest absolute Gasteiger partial charge is 0.507 e. The minimum absolute atomic E-state index is 0.128. The highest BCUT2D eigenvalue weighted by molar-refractivity contribution is 7.92. The Kier molecular flexibility index (Phi) is 7.72. The lowest BCUT2D eigenvalue weighted by Crippen LogP contribution is -2.42. The van der Waals surface area contributed by atoms with Gasteiger partial charge >= 0.3 is 5.97 Å². The number of rotatable bonds is 11. The number of aromatic nitrogens is 2. The molecule has 1 atom stereocenters. The number of carboxylic acids is 1. The second-order valence-corrected chi connectivity index (χ2v) is 11.3. The fourth-order valence-corrected chi connectivity index (χ4v) is 5.21. The van der Waals surface area contributed by atoms with Gasteiger partial charge in [-0.15, -0.1) is 0 Å². The number of aromatic carboxylic acids is 1. The van der Waals surface area contributed by atoms with Crippen molar-refractivity contribution in [3.63, 3.8) is 0 Å². The summed E-state index contributed by atoms with van der Waals surface area (Å²) in [4.78, 5) is 15.6. The lowest BCUT2D eigenvalue weighted by Gasteiger charge is -2.28. The highest BCUT2D eigenvalue weighted by Crippen LogP contribution is 2.27. The summed E-state index contributed by atoms with van der Waals surface area (Å²) in [6.07, 6.45) is 1.23. The lowest BCUT2D eigenvalue weighted by atomic mass is 9.99. The van der Waals surface area contributed by atoms with Crippen molar-refractivity contribution in [3.05, 3.63) is 84.2 Å². The van der Waals surface area contributed by atoms with Gasteiger partial charge in [0.05, 0.1) is 34.0 Å². The van der Waals surface area contributed by atoms with Crippen LogP contribution in [0.5, 0.6) is 5.75 Å². The van der Waals surface area contributed by atoms with Crippen LogP contribution in [-0.4, -0.2) is 51.3 Å².